The SMILES string of the molecule is CC(C)N(C)c1c(O)c(=O)c1=O. The molecule has 0 heterocycles. The molecule has 1 aromatic carbocycles. The standard InChI is InChI=1S/C8H11NO3/c1-4(2)9(3)5-6(10)8(12)7(5)11/h4,10H,1-3H3. The first kappa shape index (κ1) is 8.77. The number of rotatable bonds is 2. The van der Waals surface area contributed by atoms with E-state index in [1.54, 1.807) is 11.9 Å². The quantitative estimate of drug-likeness (QED) is 0.624. The number of anilines is 1. The van der Waals surface area contributed by atoms with Crippen molar-refractivity contribution in [3.8, 4) is 5.75 Å². The summed E-state index contributed by atoms with van der Waals surface area (Å²) in [6, 6.07) is 0.0965. The van der Waals surface area contributed by atoms with Crippen LogP contribution in [0.1, 0.15) is 13.8 Å². The number of hydrogen-bond donors (Lipinski definition) is 1. The van der Waals surface area contributed by atoms with E-state index in [2.05, 4.69) is 0 Å². The zero-order valence-corrected chi connectivity index (χ0v) is 7.29. The van der Waals surface area contributed by atoms with Crippen molar-refractivity contribution in [1.82, 2.24) is 0 Å². The van der Waals surface area contributed by atoms with Gasteiger partial charge in [0.2, 0.25) is 0 Å². The van der Waals surface area contributed by atoms with Crippen molar-refractivity contribution in [2.75, 3.05) is 11.9 Å². The molecule has 0 aromatic heterocycles. The Labute approximate surface area is 69.7 Å². The molecule has 0 aliphatic rings. The minimum Gasteiger partial charge on any atom is -0.502 e. The summed E-state index contributed by atoms with van der Waals surface area (Å²) in [5.74, 6) is -0.406. The Balaban J connectivity index is 3.07. The molecule has 0 fully saturated rings. The van der Waals surface area contributed by atoms with Crippen LogP contribution >= 0.6 is 0 Å². The second-order valence-electron chi connectivity index (χ2n) is 3.06. The van der Waals surface area contributed by atoms with E-state index in [4.69, 9.17) is 5.11 Å². The predicted molar refractivity (Wildman–Crippen MR) is 46.6 cm³/mol. The molecule has 1 N–H and O–H groups in total. The molecule has 66 valence electrons. The van der Waals surface area contributed by atoms with Crippen LogP contribution in [0, 0.1) is 0 Å². The second-order valence-corrected chi connectivity index (χ2v) is 3.06. The van der Waals surface area contributed by atoms with Gasteiger partial charge in [-0.2, -0.15) is 0 Å². The third-order valence-electron chi connectivity index (χ3n) is 1.99. The van der Waals surface area contributed by atoms with Gasteiger partial charge in [0.05, 0.1) is 0 Å². The molecule has 0 saturated heterocycles. The van der Waals surface area contributed by atoms with Gasteiger partial charge in [0.1, 0.15) is 5.69 Å². The number of hydrogen-bond acceptors (Lipinski definition) is 4. The van der Waals surface area contributed by atoms with E-state index in [-0.39, 0.29) is 11.7 Å². The molecule has 0 unspecified atom stereocenters. The van der Waals surface area contributed by atoms with Gasteiger partial charge in [-0.25, -0.2) is 0 Å². The Morgan fingerprint density at radius 3 is 2.08 bits per heavy atom. The number of aromatic hydroxyl groups is 1. The Morgan fingerprint density at radius 1 is 1.25 bits per heavy atom. The van der Waals surface area contributed by atoms with Crippen LogP contribution in [0.4, 0.5) is 5.69 Å². The first-order valence-corrected chi connectivity index (χ1v) is 3.72. The Kier molecular flexibility index (Phi) is 1.92. The zero-order chi connectivity index (χ0) is 9.46. The summed E-state index contributed by atoms with van der Waals surface area (Å²) in [5, 5.41) is 9.03. The first-order valence-electron chi connectivity index (χ1n) is 3.72. The van der Waals surface area contributed by atoms with Crippen molar-refractivity contribution in [2.45, 2.75) is 19.9 Å². The van der Waals surface area contributed by atoms with E-state index < -0.39 is 16.6 Å². The first-order chi connectivity index (χ1) is 5.46. The lowest BCUT2D eigenvalue weighted by Crippen LogP contribution is -2.40. The summed E-state index contributed by atoms with van der Waals surface area (Å²) in [6.45, 7) is 3.74. The van der Waals surface area contributed by atoms with Crippen LogP contribution in [0.25, 0.3) is 0 Å². The maximum atomic E-state index is 10.9. The molecule has 1 rings (SSSR count). The van der Waals surface area contributed by atoms with Crippen LogP contribution < -0.4 is 15.8 Å². The van der Waals surface area contributed by atoms with Gasteiger partial charge in [0.25, 0.3) is 10.9 Å². The summed E-state index contributed by atoms with van der Waals surface area (Å²) in [4.78, 5) is 23.1. The van der Waals surface area contributed by atoms with Gasteiger partial charge in [0, 0.05) is 13.1 Å². The largest absolute Gasteiger partial charge is 0.502 e. The lowest BCUT2D eigenvalue weighted by atomic mass is 10.2. The van der Waals surface area contributed by atoms with Gasteiger partial charge in [0.15, 0.2) is 5.75 Å². The van der Waals surface area contributed by atoms with Crippen molar-refractivity contribution in [2.24, 2.45) is 0 Å². The van der Waals surface area contributed by atoms with Crippen LogP contribution in [0.3, 0.4) is 0 Å². The van der Waals surface area contributed by atoms with Crippen LogP contribution in [0.15, 0.2) is 9.59 Å². The smallest absolute Gasteiger partial charge is 0.271 e. The van der Waals surface area contributed by atoms with Gasteiger partial charge in [-0.1, -0.05) is 0 Å². The molecule has 0 radical (unpaired) electrons. The summed E-state index contributed by atoms with van der Waals surface area (Å²) in [7, 11) is 1.67. The van der Waals surface area contributed by atoms with Crippen LogP contribution in [0.2, 0.25) is 0 Å². The minimum atomic E-state index is -0.780. The fourth-order valence-electron chi connectivity index (χ4n) is 0.953. The minimum absolute atomic E-state index is 0.0965. The highest BCUT2D eigenvalue weighted by Gasteiger charge is 2.24. The monoisotopic (exact) mass is 169 g/mol. The average molecular weight is 169 g/mol. The number of nitrogens with zero attached hydrogens (tertiary/aromatic N) is 1. The van der Waals surface area contributed by atoms with Crippen molar-refractivity contribution in [1.29, 1.82) is 0 Å². The molecular weight excluding hydrogens is 158 g/mol. The normalized spacial score (nSPS) is 11.0. The molecule has 0 amide bonds. The molecule has 0 bridgehead atoms. The van der Waals surface area contributed by atoms with E-state index in [9.17, 15) is 9.59 Å². The van der Waals surface area contributed by atoms with E-state index >= 15 is 0 Å². The van der Waals surface area contributed by atoms with Gasteiger partial charge < -0.3 is 10.0 Å². The van der Waals surface area contributed by atoms with Crippen molar-refractivity contribution < 1.29 is 5.11 Å². The highest BCUT2D eigenvalue weighted by atomic mass is 16.3. The highest BCUT2D eigenvalue weighted by Crippen LogP contribution is 2.20. The van der Waals surface area contributed by atoms with E-state index in [1.807, 2.05) is 13.8 Å². The summed E-state index contributed by atoms with van der Waals surface area (Å²) >= 11 is 0. The van der Waals surface area contributed by atoms with Gasteiger partial charge >= 0.3 is 0 Å². The molecule has 4 heteroatoms. The molecule has 12 heavy (non-hydrogen) atoms. The van der Waals surface area contributed by atoms with Crippen LogP contribution in [-0.2, 0) is 0 Å². The fraction of sp³-hybridized carbons (Fsp3) is 0.500. The van der Waals surface area contributed by atoms with Crippen molar-refractivity contribution >= 4 is 5.69 Å². The Hall–Kier alpha value is -1.32. The van der Waals surface area contributed by atoms with E-state index in [0.717, 1.165) is 0 Å². The fourth-order valence-corrected chi connectivity index (χ4v) is 0.953. The molecule has 0 aliphatic heterocycles. The third-order valence-corrected chi connectivity index (χ3v) is 1.99. The zero-order valence-electron chi connectivity index (χ0n) is 7.29. The molecule has 0 aliphatic carbocycles. The predicted octanol–water partition coefficient (Wildman–Crippen LogP) is -0.167. The van der Waals surface area contributed by atoms with E-state index in [1.165, 1.54) is 0 Å². The molecule has 0 spiro atoms. The van der Waals surface area contributed by atoms with Crippen LogP contribution in [0.5, 0.6) is 5.75 Å². The lowest BCUT2D eigenvalue weighted by Gasteiger charge is -2.24. The van der Waals surface area contributed by atoms with Crippen molar-refractivity contribution in [3.63, 3.8) is 0 Å². The van der Waals surface area contributed by atoms with Gasteiger partial charge in [-0.05, 0) is 13.8 Å². The Morgan fingerprint density at radius 2 is 1.75 bits per heavy atom. The van der Waals surface area contributed by atoms with Gasteiger partial charge in [-0.3, -0.25) is 9.59 Å². The molecule has 1 aromatic rings. The van der Waals surface area contributed by atoms with E-state index in [0.29, 0.717) is 0 Å². The maximum Gasteiger partial charge on any atom is 0.271 e. The summed E-state index contributed by atoms with van der Waals surface area (Å²) in [6.07, 6.45) is 0. The maximum absolute atomic E-state index is 10.9. The topological polar surface area (TPSA) is 57.6 Å². The van der Waals surface area contributed by atoms with Gasteiger partial charge in [-0.15, -0.1) is 0 Å². The molecular formula is C8H11NO3. The molecule has 0 saturated carbocycles. The highest BCUT2D eigenvalue weighted by molar-refractivity contribution is 5.62. The molecule has 0 atom stereocenters. The second kappa shape index (κ2) is 2.62. The summed E-state index contributed by atoms with van der Waals surface area (Å²) < 4.78 is 0. The lowest BCUT2D eigenvalue weighted by molar-refractivity contribution is 0.460. The average Bonchev–Trinajstić information content (AvgIpc) is 2.03. The third kappa shape index (κ3) is 0.995. The van der Waals surface area contributed by atoms with Crippen LogP contribution in [-0.4, -0.2) is 18.2 Å². The molecule has 4 nitrogen and oxygen atoms in total. The Bertz CT molecular complexity index is 360. The summed E-state index contributed by atoms with van der Waals surface area (Å²) in [5.41, 5.74) is -1.24. The van der Waals surface area contributed by atoms with Crippen molar-refractivity contribution in [3.05, 3.63) is 20.4 Å².